The molecule has 19 heavy (non-hydrogen) atoms. The molecule has 0 amide bonds. The minimum Gasteiger partial charge on any atom is -0.372 e. The fraction of sp³-hybridized carbons (Fsp3) is 0.875. The summed E-state index contributed by atoms with van der Waals surface area (Å²) in [5.74, 6) is 1.63. The summed E-state index contributed by atoms with van der Waals surface area (Å²) in [5.41, 5.74) is 0. The average molecular weight is 378 g/mol. The van der Waals surface area contributed by atoms with Crippen LogP contribution in [0.3, 0.4) is 0 Å². The summed E-state index contributed by atoms with van der Waals surface area (Å²) in [5, 5.41) is 0. The molecule has 3 heteroatoms. The number of halogens is 1. The smallest absolute Gasteiger partial charge is 0.0869 e. The maximum absolute atomic E-state index is 6.40. The van der Waals surface area contributed by atoms with Crippen LogP contribution in [0.4, 0.5) is 0 Å². The van der Waals surface area contributed by atoms with E-state index in [4.69, 9.17) is 9.47 Å². The predicted octanol–water partition coefficient (Wildman–Crippen LogP) is 4.57. The van der Waals surface area contributed by atoms with Gasteiger partial charge in [-0.05, 0) is 35.2 Å². The van der Waals surface area contributed by atoms with Crippen molar-refractivity contribution in [1.82, 2.24) is 0 Å². The fourth-order valence-electron chi connectivity index (χ4n) is 3.55. The normalized spacial score (nSPS) is 45.1. The van der Waals surface area contributed by atoms with Gasteiger partial charge in [0.2, 0.25) is 0 Å². The summed E-state index contributed by atoms with van der Waals surface area (Å²) < 4.78 is 14.8. The first-order valence-corrected chi connectivity index (χ1v) is 8.90. The molecular weight excluding hydrogens is 351 g/mol. The predicted molar refractivity (Wildman–Crippen MR) is 87.5 cm³/mol. The molecule has 0 spiro atoms. The Hall–Kier alpha value is 0.390. The van der Waals surface area contributed by atoms with E-state index in [0.29, 0.717) is 42.2 Å². The van der Waals surface area contributed by atoms with E-state index < -0.39 is 0 Å². The molecule has 2 heterocycles. The van der Waals surface area contributed by atoms with Crippen molar-refractivity contribution in [3.05, 3.63) is 10.2 Å². The summed E-state index contributed by atoms with van der Waals surface area (Å²) in [7, 11) is 0. The van der Waals surface area contributed by atoms with Gasteiger partial charge >= 0.3 is 0 Å². The number of rotatable bonds is 3. The van der Waals surface area contributed by atoms with Crippen LogP contribution in [0.5, 0.6) is 0 Å². The van der Waals surface area contributed by atoms with Crippen molar-refractivity contribution in [2.75, 3.05) is 0 Å². The van der Waals surface area contributed by atoms with E-state index in [9.17, 15) is 0 Å². The summed E-state index contributed by atoms with van der Waals surface area (Å²) in [6.07, 6.45) is 7.10. The SMILES string of the molecule is CC[C@H]1CC[C@@H]2O[C@@H]([C@@H](C)/C=C/I)[C@@H](C)[C@@H](C)[C@H]2O1. The molecule has 0 aromatic rings. The Kier molecular flexibility index (Phi) is 5.73. The van der Waals surface area contributed by atoms with Crippen molar-refractivity contribution in [3.8, 4) is 0 Å². The molecule has 2 rings (SSSR count). The Bertz CT molecular complexity index is 316. The highest BCUT2D eigenvalue weighted by Crippen LogP contribution is 2.40. The van der Waals surface area contributed by atoms with Gasteiger partial charge in [-0.25, -0.2) is 0 Å². The first kappa shape index (κ1) is 15.8. The number of fused-ring (bicyclic) bond motifs is 1. The molecule has 0 aromatic heterocycles. The monoisotopic (exact) mass is 378 g/mol. The highest BCUT2D eigenvalue weighted by Gasteiger charge is 2.45. The first-order valence-electron chi connectivity index (χ1n) is 7.66. The highest BCUT2D eigenvalue weighted by atomic mass is 127. The van der Waals surface area contributed by atoms with Crippen LogP contribution < -0.4 is 0 Å². The van der Waals surface area contributed by atoms with E-state index in [-0.39, 0.29) is 0 Å². The molecule has 110 valence electrons. The zero-order valence-corrected chi connectivity index (χ0v) is 14.7. The van der Waals surface area contributed by atoms with Crippen molar-refractivity contribution >= 4 is 22.6 Å². The van der Waals surface area contributed by atoms with Crippen molar-refractivity contribution in [3.63, 3.8) is 0 Å². The first-order chi connectivity index (χ1) is 9.08. The zero-order valence-electron chi connectivity index (χ0n) is 12.5. The molecule has 0 radical (unpaired) electrons. The highest BCUT2D eigenvalue weighted by molar-refractivity contribution is 14.1. The second-order valence-corrected chi connectivity index (χ2v) is 6.96. The summed E-state index contributed by atoms with van der Waals surface area (Å²) in [6, 6.07) is 0. The molecule has 0 bridgehead atoms. The van der Waals surface area contributed by atoms with Crippen molar-refractivity contribution < 1.29 is 9.47 Å². The van der Waals surface area contributed by atoms with Crippen LogP contribution in [0.15, 0.2) is 10.2 Å². The Labute approximate surface area is 131 Å². The third-order valence-electron chi connectivity index (χ3n) is 5.04. The van der Waals surface area contributed by atoms with Gasteiger partial charge < -0.3 is 9.47 Å². The van der Waals surface area contributed by atoms with Crippen molar-refractivity contribution in [2.24, 2.45) is 17.8 Å². The lowest BCUT2D eigenvalue weighted by atomic mass is 9.75. The van der Waals surface area contributed by atoms with Crippen LogP contribution >= 0.6 is 22.6 Å². The van der Waals surface area contributed by atoms with Gasteiger partial charge in [-0.1, -0.05) is 56.4 Å². The Morgan fingerprint density at radius 1 is 1.21 bits per heavy atom. The molecular formula is C16H27IO2. The second kappa shape index (κ2) is 6.90. The van der Waals surface area contributed by atoms with E-state index in [2.05, 4.69) is 60.4 Å². The minimum atomic E-state index is 0.306. The molecule has 0 aliphatic carbocycles. The summed E-state index contributed by atoms with van der Waals surface area (Å²) >= 11 is 2.30. The van der Waals surface area contributed by atoms with E-state index in [1.54, 1.807) is 0 Å². The van der Waals surface area contributed by atoms with Gasteiger partial charge in [0.15, 0.2) is 0 Å². The number of hydrogen-bond acceptors (Lipinski definition) is 2. The Morgan fingerprint density at radius 2 is 1.95 bits per heavy atom. The lowest BCUT2D eigenvalue weighted by Gasteiger charge is -2.49. The van der Waals surface area contributed by atoms with Crippen molar-refractivity contribution in [1.29, 1.82) is 0 Å². The van der Waals surface area contributed by atoms with E-state index in [1.165, 1.54) is 0 Å². The maximum Gasteiger partial charge on any atom is 0.0869 e. The van der Waals surface area contributed by atoms with E-state index in [0.717, 1.165) is 19.3 Å². The average Bonchev–Trinajstić information content (AvgIpc) is 2.42. The lowest BCUT2D eigenvalue weighted by molar-refractivity contribution is -0.231. The van der Waals surface area contributed by atoms with Gasteiger partial charge in [-0.15, -0.1) is 0 Å². The van der Waals surface area contributed by atoms with Crippen LogP contribution in [-0.4, -0.2) is 24.4 Å². The standard InChI is InChI=1S/C16H27IO2/c1-5-13-6-7-14-16(18-13)12(4)11(3)15(19-14)10(2)8-9-17/h8-16H,5-7H2,1-4H3/b9-8+/t10-,11-,12+,13-,14-,15-,16+/m0/s1. The van der Waals surface area contributed by atoms with Gasteiger partial charge in [0, 0.05) is 5.92 Å². The van der Waals surface area contributed by atoms with Crippen LogP contribution in [0.2, 0.25) is 0 Å². The van der Waals surface area contributed by atoms with Gasteiger partial charge in [0.1, 0.15) is 0 Å². The van der Waals surface area contributed by atoms with Crippen molar-refractivity contribution in [2.45, 2.75) is 71.4 Å². The molecule has 0 N–H and O–H groups in total. The summed E-state index contributed by atoms with van der Waals surface area (Å²) in [4.78, 5) is 0. The molecule has 2 aliphatic heterocycles. The second-order valence-electron chi connectivity index (χ2n) is 6.24. The Balaban J connectivity index is 2.08. The largest absolute Gasteiger partial charge is 0.372 e. The minimum absolute atomic E-state index is 0.306. The summed E-state index contributed by atoms with van der Waals surface area (Å²) in [6.45, 7) is 9.15. The molecule has 2 nitrogen and oxygen atoms in total. The van der Waals surface area contributed by atoms with Gasteiger partial charge in [-0.3, -0.25) is 0 Å². The van der Waals surface area contributed by atoms with Crippen LogP contribution in [0.25, 0.3) is 0 Å². The molecule has 7 atom stereocenters. The lowest BCUT2D eigenvalue weighted by Crippen LogP contribution is -2.55. The van der Waals surface area contributed by atoms with Crippen LogP contribution in [0.1, 0.15) is 47.0 Å². The number of hydrogen-bond donors (Lipinski definition) is 0. The third-order valence-corrected chi connectivity index (χ3v) is 5.45. The topological polar surface area (TPSA) is 18.5 Å². The van der Waals surface area contributed by atoms with E-state index in [1.807, 2.05) is 0 Å². The number of ether oxygens (including phenoxy) is 2. The quantitative estimate of drug-likeness (QED) is 0.670. The fourth-order valence-corrected chi connectivity index (χ4v) is 4.21. The molecule has 0 unspecified atom stereocenters. The molecule has 0 aromatic carbocycles. The van der Waals surface area contributed by atoms with Gasteiger partial charge in [0.25, 0.3) is 0 Å². The molecule has 2 aliphatic rings. The molecule has 2 saturated heterocycles. The molecule has 0 saturated carbocycles. The van der Waals surface area contributed by atoms with Gasteiger partial charge in [-0.2, -0.15) is 0 Å². The van der Waals surface area contributed by atoms with Crippen LogP contribution in [-0.2, 0) is 9.47 Å². The van der Waals surface area contributed by atoms with E-state index >= 15 is 0 Å². The maximum atomic E-state index is 6.40. The third kappa shape index (κ3) is 3.35. The van der Waals surface area contributed by atoms with Gasteiger partial charge in [0.05, 0.1) is 24.4 Å². The molecule has 2 fully saturated rings. The Morgan fingerprint density at radius 3 is 2.58 bits per heavy atom. The van der Waals surface area contributed by atoms with Crippen LogP contribution in [0, 0.1) is 17.8 Å². The zero-order chi connectivity index (χ0) is 14.0.